The lowest BCUT2D eigenvalue weighted by Gasteiger charge is -2.36. The first-order valence-electron chi connectivity index (χ1n) is 8.97. The summed E-state index contributed by atoms with van der Waals surface area (Å²) in [5.41, 5.74) is 1.03. The minimum absolute atomic E-state index is 0.140. The van der Waals surface area contributed by atoms with Crippen LogP contribution in [0.15, 0.2) is 24.3 Å². The van der Waals surface area contributed by atoms with Crippen LogP contribution in [0.25, 0.3) is 6.08 Å². The zero-order valence-corrected chi connectivity index (χ0v) is 17.6. The van der Waals surface area contributed by atoms with Crippen molar-refractivity contribution in [3.8, 4) is 11.5 Å². The van der Waals surface area contributed by atoms with Gasteiger partial charge in [-0.25, -0.2) is 0 Å². The van der Waals surface area contributed by atoms with Gasteiger partial charge in [0.25, 0.3) is 8.32 Å². The van der Waals surface area contributed by atoms with E-state index in [1.807, 2.05) is 30.4 Å². The van der Waals surface area contributed by atoms with Crippen LogP contribution in [-0.4, -0.2) is 34.4 Å². The van der Waals surface area contributed by atoms with Gasteiger partial charge in [0, 0.05) is 6.42 Å². The van der Waals surface area contributed by atoms with Crippen LogP contribution in [0.3, 0.4) is 0 Å². The lowest BCUT2D eigenvalue weighted by Crippen LogP contribution is -2.43. The Kier molecular flexibility index (Phi) is 6.02. The van der Waals surface area contributed by atoms with Gasteiger partial charge in [-0.3, -0.25) is 0 Å². The van der Waals surface area contributed by atoms with Crippen molar-refractivity contribution in [2.24, 2.45) is 0 Å². The van der Waals surface area contributed by atoms with E-state index in [1.165, 1.54) is 0 Å². The molecule has 1 aromatic carbocycles. The number of rotatable bonds is 6. The van der Waals surface area contributed by atoms with Gasteiger partial charge >= 0.3 is 0 Å². The molecule has 0 spiro atoms. The van der Waals surface area contributed by atoms with Gasteiger partial charge in [-0.05, 0) is 41.9 Å². The number of ether oxygens (including phenoxy) is 3. The van der Waals surface area contributed by atoms with Gasteiger partial charge in [0.15, 0.2) is 11.5 Å². The predicted molar refractivity (Wildman–Crippen MR) is 105 cm³/mol. The highest BCUT2D eigenvalue weighted by Gasteiger charge is 2.39. The van der Waals surface area contributed by atoms with Crippen LogP contribution in [0.4, 0.5) is 0 Å². The minimum Gasteiger partial charge on any atom is -0.541 e. The second-order valence-electron chi connectivity index (χ2n) is 7.97. The van der Waals surface area contributed by atoms with Gasteiger partial charge in [0.1, 0.15) is 5.75 Å². The van der Waals surface area contributed by atoms with Crippen LogP contribution in [0.2, 0.25) is 18.1 Å². The number of benzene rings is 1. The van der Waals surface area contributed by atoms with E-state index in [1.54, 1.807) is 7.11 Å². The highest BCUT2D eigenvalue weighted by atomic mass is 28.4. The minimum atomic E-state index is -1.91. The van der Waals surface area contributed by atoms with E-state index in [0.29, 0.717) is 13.2 Å². The third kappa shape index (κ3) is 4.66. The molecule has 1 saturated heterocycles. The standard InChI is InChI=1S/C20H32O4Si/c1-8-20(22-13-14-23-20)12-11-16-9-10-17(18(15-16)21-5)24-25(6,7)19(2,3)4/h9-12,15H,8,13-14H2,1-7H3/b12-11+. The second-order valence-corrected chi connectivity index (χ2v) is 12.7. The maximum atomic E-state index is 6.40. The molecule has 0 bridgehead atoms. The fraction of sp³-hybridized carbons (Fsp3) is 0.600. The Bertz CT molecular complexity index is 611. The summed E-state index contributed by atoms with van der Waals surface area (Å²) in [5.74, 6) is 0.972. The second kappa shape index (κ2) is 7.52. The Labute approximate surface area is 153 Å². The molecule has 5 heteroatoms. The van der Waals surface area contributed by atoms with Crippen LogP contribution in [0.5, 0.6) is 11.5 Å². The maximum absolute atomic E-state index is 6.40. The molecule has 0 aliphatic carbocycles. The lowest BCUT2D eigenvalue weighted by molar-refractivity contribution is -0.117. The molecule has 1 aromatic rings. The van der Waals surface area contributed by atoms with E-state index in [-0.39, 0.29) is 5.04 Å². The van der Waals surface area contributed by atoms with Crippen molar-refractivity contribution in [2.75, 3.05) is 20.3 Å². The first-order chi connectivity index (χ1) is 11.6. The van der Waals surface area contributed by atoms with Crippen molar-refractivity contribution in [3.05, 3.63) is 29.8 Å². The van der Waals surface area contributed by atoms with E-state index in [2.05, 4.69) is 40.8 Å². The van der Waals surface area contributed by atoms with Crippen molar-refractivity contribution in [1.82, 2.24) is 0 Å². The quantitative estimate of drug-likeness (QED) is 0.646. The van der Waals surface area contributed by atoms with Crippen LogP contribution >= 0.6 is 0 Å². The first-order valence-corrected chi connectivity index (χ1v) is 11.9. The molecule has 25 heavy (non-hydrogen) atoms. The molecule has 4 nitrogen and oxygen atoms in total. The average molecular weight is 365 g/mol. The van der Waals surface area contributed by atoms with Gasteiger partial charge in [-0.2, -0.15) is 0 Å². The van der Waals surface area contributed by atoms with E-state index < -0.39 is 14.1 Å². The molecule has 140 valence electrons. The topological polar surface area (TPSA) is 36.9 Å². The third-order valence-corrected chi connectivity index (χ3v) is 9.50. The van der Waals surface area contributed by atoms with Gasteiger partial charge in [-0.1, -0.05) is 39.8 Å². The average Bonchev–Trinajstić information content (AvgIpc) is 3.02. The summed E-state index contributed by atoms with van der Waals surface area (Å²) in [6.07, 6.45) is 4.80. The summed E-state index contributed by atoms with van der Waals surface area (Å²) >= 11 is 0. The Morgan fingerprint density at radius 2 is 1.80 bits per heavy atom. The molecule has 0 amide bonds. The monoisotopic (exact) mass is 364 g/mol. The normalized spacial score (nSPS) is 17.9. The van der Waals surface area contributed by atoms with Crippen molar-refractivity contribution < 1.29 is 18.6 Å². The Balaban J connectivity index is 2.22. The summed E-state index contributed by atoms with van der Waals surface area (Å²) in [7, 11) is -0.228. The highest BCUT2D eigenvalue weighted by Crippen LogP contribution is 2.40. The lowest BCUT2D eigenvalue weighted by atomic mass is 10.1. The zero-order valence-electron chi connectivity index (χ0n) is 16.6. The molecular weight excluding hydrogens is 332 g/mol. The van der Waals surface area contributed by atoms with E-state index in [9.17, 15) is 0 Å². The Morgan fingerprint density at radius 1 is 1.16 bits per heavy atom. The molecular formula is C20H32O4Si. The molecule has 0 aromatic heterocycles. The van der Waals surface area contributed by atoms with Gasteiger partial charge in [0.2, 0.25) is 0 Å². The maximum Gasteiger partial charge on any atom is 0.250 e. The van der Waals surface area contributed by atoms with Crippen LogP contribution in [0, 0.1) is 0 Å². The van der Waals surface area contributed by atoms with Crippen LogP contribution in [-0.2, 0) is 9.47 Å². The summed E-state index contributed by atoms with van der Waals surface area (Å²) < 4.78 is 23.4. The van der Waals surface area contributed by atoms with Crippen molar-refractivity contribution in [2.45, 2.75) is 58.0 Å². The van der Waals surface area contributed by atoms with Crippen molar-refractivity contribution in [1.29, 1.82) is 0 Å². The predicted octanol–water partition coefficient (Wildman–Crippen LogP) is 5.25. The number of methoxy groups -OCH3 is 1. The fourth-order valence-corrected chi connectivity index (χ4v) is 3.44. The summed E-state index contributed by atoms with van der Waals surface area (Å²) in [6, 6.07) is 6.03. The first kappa shape index (κ1) is 20.0. The van der Waals surface area contributed by atoms with E-state index in [0.717, 1.165) is 23.5 Å². The summed E-state index contributed by atoms with van der Waals surface area (Å²) in [4.78, 5) is 0. The largest absolute Gasteiger partial charge is 0.541 e. The smallest absolute Gasteiger partial charge is 0.250 e. The van der Waals surface area contributed by atoms with Gasteiger partial charge in [-0.15, -0.1) is 0 Å². The van der Waals surface area contributed by atoms with Gasteiger partial charge < -0.3 is 18.6 Å². The molecule has 0 N–H and O–H groups in total. The molecule has 0 unspecified atom stereocenters. The Hall–Kier alpha value is -1.30. The van der Waals surface area contributed by atoms with E-state index >= 15 is 0 Å². The molecule has 1 fully saturated rings. The molecule has 2 rings (SSSR count). The molecule has 0 radical (unpaired) electrons. The van der Waals surface area contributed by atoms with E-state index in [4.69, 9.17) is 18.6 Å². The molecule has 1 aliphatic rings. The SMILES string of the molecule is CCC1(/C=C/c2ccc(O[Si](C)(C)C(C)(C)C)c(OC)c2)OCCO1. The molecule has 1 heterocycles. The highest BCUT2D eigenvalue weighted by molar-refractivity contribution is 6.74. The number of hydrogen-bond donors (Lipinski definition) is 0. The molecule has 1 aliphatic heterocycles. The Morgan fingerprint density at radius 3 is 2.32 bits per heavy atom. The fourth-order valence-electron chi connectivity index (χ4n) is 2.41. The molecule has 0 saturated carbocycles. The third-order valence-electron chi connectivity index (χ3n) is 5.16. The zero-order chi connectivity index (χ0) is 18.7. The van der Waals surface area contributed by atoms with Crippen LogP contribution in [0.1, 0.15) is 39.7 Å². The van der Waals surface area contributed by atoms with Crippen LogP contribution < -0.4 is 9.16 Å². The van der Waals surface area contributed by atoms with Gasteiger partial charge in [0.05, 0.1) is 20.3 Å². The molecule has 0 atom stereocenters. The van der Waals surface area contributed by atoms with Crippen molar-refractivity contribution in [3.63, 3.8) is 0 Å². The number of hydrogen-bond acceptors (Lipinski definition) is 4. The van der Waals surface area contributed by atoms with Crippen molar-refractivity contribution >= 4 is 14.4 Å². The summed E-state index contributed by atoms with van der Waals surface area (Å²) in [6.45, 7) is 14.5. The summed E-state index contributed by atoms with van der Waals surface area (Å²) in [5, 5.41) is 0.140.